The average Bonchev–Trinajstić information content (AvgIpc) is 2.31. The molecule has 10 heavy (non-hydrogen) atoms. The molecular formula is C6H9N3S. The van der Waals surface area contributed by atoms with Crippen molar-refractivity contribution < 1.29 is 0 Å². The van der Waals surface area contributed by atoms with Crippen molar-refractivity contribution in [3.8, 4) is 0 Å². The maximum Gasteiger partial charge on any atom is 0.126 e. The first-order valence-electron chi connectivity index (χ1n) is 2.91. The first-order chi connectivity index (χ1) is 4.84. The third kappa shape index (κ3) is 1.54. The number of nitrogens with zero attached hydrogens (tertiary/aromatic N) is 1. The van der Waals surface area contributed by atoms with Crippen LogP contribution in [0.5, 0.6) is 0 Å². The van der Waals surface area contributed by atoms with Crippen molar-refractivity contribution in [2.45, 2.75) is 0 Å². The van der Waals surface area contributed by atoms with Crippen molar-refractivity contribution in [1.82, 2.24) is 10.2 Å². The van der Waals surface area contributed by atoms with Gasteiger partial charge in [0.15, 0.2) is 0 Å². The van der Waals surface area contributed by atoms with Gasteiger partial charge in [0.1, 0.15) is 5.82 Å². The highest BCUT2D eigenvalue weighted by Crippen LogP contribution is 2.07. The number of nitrogens with two attached hydrogens (primary N) is 1. The first-order valence-corrected chi connectivity index (χ1v) is 3.54. The summed E-state index contributed by atoms with van der Waals surface area (Å²) in [6.45, 7) is 0. The number of rotatable bonds is 2. The molecule has 0 aliphatic carbocycles. The highest BCUT2D eigenvalue weighted by atomic mass is 32.1. The minimum Gasteiger partial charge on any atom is -0.384 e. The second-order valence-corrected chi connectivity index (χ2v) is 2.19. The van der Waals surface area contributed by atoms with Crippen molar-refractivity contribution in [3.63, 3.8) is 0 Å². The van der Waals surface area contributed by atoms with Gasteiger partial charge in [-0.3, -0.25) is 5.10 Å². The topological polar surface area (TPSA) is 54.7 Å². The Kier molecular flexibility index (Phi) is 2.39. The van der Waals surface area contributed by atoms with Crippen LogP contribution >= 0.6 is 12.6 Å². The van der Waals surface area contributed by atoms with Gasteiger partial charge in [-0.05, 0) is 0 Å². The number of hydrogen-bond acceptors (Lipinski definition) is 3. The van der Waals surface area contributed by atoms with E-state index in [0.29, 0.717) is 11.6 Å². The van der Waals surface area contributed by atoms with Crippen LogP contribution in [0, 0.1) is 0 Å². The molecule has 1 heterocycles. The normalized spacial score (nSPS) is 10.9. The monoisotopic (exact) mass is 155 g/mol. The van der Waals surface area contributed by atoms with Crippen molar-refractivity contribution in [2.75, 3.05) is 11.5 Å². The van der Waals surface area contributed by atoms with Gasteiger partial charge in [-0.2, -0.15) is 17.7 Å². The van der Waals surface area contributed by atoms with Gasteiger partial charge in [-0.1, -0.05) is 12.2 Å². The van der Waals surface area contributed by atoms with Crippen molar-refractivity contribution in [1.29, 1.82) is 0 Å². The fourth-order valence-electron chi connectivity index (χ4n) is 0.618. The first kappa shape index (κ1) is 7.21. The molecule has 0 radical (unpaired) electrons. The van der Waals surface area contributed by atoms with E-state index in [2.05, 4.69) is 22.8 Å². The molecule has 1 aromatic heterocycles. The van der Waals surface area contributed by atoms with E-state index >= 15 is 0 Å². The van der Waals surface area contributed by atoms with E-state index in [4.69, 9.17) is 5.73 Å². The number of thiol groups is 1. The third-order valence-corrected chi connectivity index (χ3v) is 1.31. The Hall–Kier alpha value is -0.900. The minimum absolute atomic E-state index is 0.595. The number of aromatic nitrogens is 2. The van der Waals surface area contributed by atoms with Crippen molar-refractivity contribution in [2.24, 2.45) is 0 Å². The molecular weight excluding hydrogens is 146 g/mol. The summed E-state index contributed by atoms with van der Waals surface area (Å²) >= 11 is 4.01. The highest BCUT2D eigenvalue weighted by Gasteiger charge is 1.92. The van der Waals surface area contributed by atoms with Gasteiger partial charge in [0.05, 0.1) is 6.20 Å². The number of nitrogens with one attached hydrogen (secondary N) is 1. The molecule has 0 aromatic carbocycles. The van der Waals surface area contributed by atoms with E-state index in [0.717, 1.165) is 5.56 Å². The summed E-state index contributed by atoms with van der Waals surface area (Å²) in [4.78, 5) is 0. The maximum atomic E-state index is 5.49. The van der Waals surface area contributed by atoms with E-state index in [-0.39, 0.29) is 0 Å². The summed E-state index contributed by atoms with van der Waals surface area (Å²) in [5, 5.41) is 6.38. The zero-order valence-electron chi connectivity index (χ0n) is 5.41. The fourth-order valence-corrected chi connectivity index (χ4v) is 0.723. The fraction of sp³-hybridized carbons (Fsp3) is 0.167. The Morgan fingerprint density at radius 1 is 1.80 bits per heavy atom. The van der Waals surface area contributed by atoms with E-state index in [1.165, 1.54) is 0 Å². The van der Waals surface area contributed by atoms with Gasteiger partial charge in [0.2, 0.25) is 0 Å². The Labute approximate surface area is 64.7 Å². The largest absolute Gasteiger partial charge is 0.384 e. The Morgan fingerprint density at radius 2 is 2.60 bits per heavy atom. The summed E-state index contributed by atoms with van der Waals surface area (Å²) in [6, 6.07) is 0. The average molecular weight is 155 g/mol. The van der Waals surface area contributed by atoms with Crippen LogP contribution in [0.4, 0.5) is 5.82 Å². The Bertz CT molecular complexity index is 229. The van der Waals surface area contributed by atoms with Crippen LogP contribution in [0.15, 0.2) is 12.3 Å². The summed E-state index contributed by atoms with van der Waals surface area (Å²) < 4.78 is 0. The van der Waals surface area contributed by atoms with E-state index in [1.54, 1.807) is 6.20 Å². The number of aromatic amines is 1. The molecule has 0 aliphatic rings. The van der Waals surface area contributed by atoms with E-state index in [1.807, 2.05) is 12.2 Å². The predicted molar refractivity (Wildman–Crippen MR) is 45.9 cm³/mol. The molecule has 0 saturated heterocycles. The zero-order valence-corrected chi connectivity index (χ0v) is 6.31. The predicted octanol–water partition coefficient (Wildman–Crippen LogP) is 0.935. The number of nitrogen functional groups attached to an aromatic ring is 1. The molecule has 0 fully saturated rings. The zero-order chi connectivity index (χ0) is 7.40. The molecule has 54 valence electrons. The molecule has 0 amide bonds. The van der Waals surface area contributed by atoms with E-state index in [9.17, 15) is 0 Å². The van der Waals surface area contributed by atoms with Crippen LogP contribution < -0.4 is 5.73 Å². The van der Waals surface area contributed by atoms with Gasteiger partial charge in [-0.15, -0.1) is 0 Å². The molecule has 3 nitrogen and oxygen atoms in total. The van der Waals surface area contributed by atoms with Crippen molar-refractivity contribution in [3.05, 3.63) is 17.8 Å². The standard InChI is InChI=1S/C6H9N3S/c7-6-5(2-1-3-10)4-8-9-6/h1-2,4,10H,3H2,(H3,7,8,9). The highest BCUT2D eigenvalue weighted by molar-refractivity contribution is 7.80. The smallest absolute Gasteiger partial charge is 0.126 e. The van der Waals surface area contributed by atoms with Crippen LogP contribution in [0.1, 0.15) is 5.56 Å². The van der Waals surface area contributed by atoms with Gasteiger partial charge in [0, 0.05) is 11.3 Å². The number of H-pyrrole nitrogens is 1. The van der Waals surface area contributed by atoms with Crippen molar-refractivity contribution >= 4 is 24.5 Å². The minimum atomic E-state index is 0.595. The lowest BCUT2D eigenvalue weighted by molar-refractivity contribution is 1.10. The number of hydrogen-bond donors (Lipinski definition) is 3. The lowest BCUT2D eigenvalue weighted by Crippen LogP contribution is -1.85. The molecule has 4 heteroatoms. The quantitative estimate of drug-likeness (QED) is 0.557. The molecule has 0 atom stereocenters. The molecule has 0 bridgehead atoms. The molecule has 3 N–H and O–H groups in total. The SMILES string of the molecule is Nc1[nH]ncc1C=CCS. The molecule has 1 aromatic rings. The van der Waals surface area contributed by atoms with Crippen LogP contribution in [-0.2, 0) is 0 Å². The van der Waals surface area contributed by atoms with Crippen LogP contribution in [0.25, 0.3) is 6.08 Å². The summed E-state index contributed by atoms with van der Waals surface area (Å²) in [6.07, 6.45) is 5.46. The van der Waals surface area contributed by atoms with Gasteiger partial charge >= 0.3 is 0 Å². The second-order valence-electron chi connectivity index (χ2n) is 1.82. The molecule has 0 aliphatic heterocycles. The molecule has 0 unspecified atom stereocenters. The van der Waals surface area contributed by atoms with Gasteiger partial charge < -0.3 is 5.73 Å². The lowest BCUT2D eigenvalue weighted by Gasteiger charge is -1.85. The summed E-state index contributed by atoms with van der Waals surface area (Å²) in [5.74, 6) is 1.31. The number of anilines is 1. The molecule has 0 spiro atoms. The second kappa shape index (κ2) is 3.31. The summed E-state index contributed by atoms with van der Waals surface area (Å²) in [7, 11) is 0. The maximum absolute atomic E-state index is 5.49. The van der Waals surface area contributed by atoms with E-state index < -0.39 is 0 Å². The molecule has 1 rings (SSSR count). The Balaban J connectivity index is 2.74. The van der Waals surface area contributed by atoms with Crippen LogP contribution in [0.3, 0.4) is 0 Å². The molecule has 0 saturated carbocycles. The Morgan fingerprint density at radius 3 is 3.10 bits per heavy atom. The van der Waals surface area contributed by atoms with Crippen LogP contribution in [-0.4, -0.2) is 16.0 Å². The van der Waals surface area contributed by atoms with Gasteiger partial charge in [0.25, 0.3) is 0 Å². The summed E-state index contributed by atoms with van der Waals surface area (Å²) in [5.41, 5.74) is 6.40. The van der Waals surface area contributed by atoms with Gasteiger partial charge in [-0.25, -0.2) is 0 Å². The van der Waals surface area contributed by atoms with Crippen LogP contribution in [0.2, 0.25) is 0 Å². The lowest BCUT2D eigenvalue weighted by atomic mass is 10.3. The third-order valence-electron chi connectivity index (χ3n) is 1.10.